The highest BCUT2D eigenvalue weighted by Crippen LogP contribution is 2.26. The van der Waals surface area contributed by atoms with Gasteiger partial charge >= 0.3 is 0 Å². The largest absolute Gasteiger partial charge is 0.384 e. The molecule has 0 aromatic heterocycles. The van der Waals surface area contributed by atoms with Gasteiger partial charge in [-0.25, -0.2) is 0 Å². The maximum Gasteiger partial charge on any atom is 0.0331 e. The van der Waals surface area contributed by atoms with E-state index in [9.17, 15) is 0 Å². The molecule has 1 heterocycles. The Hall–Kier alpha value is -1.50. The van der Waals surface area contributed by atoms with Crippen LogP contribution in [0.1, 0.15) is 37.0 Å². The summed E-state index contributed by atoms with van der Waals surface area (Å²) in [6, 6.07) is 6.86. The van der Waals surface area contributed by atoms with Gasteiger partial charge in [0.1, 0.15) is 0 Å². The zero-order valence-electron chi connectivity index (χ0n) is 11.7. The summed E-state index contributed by atoms with van der Waals surface area (Å²) in [6.07, 6.45) is 7.96. The zero-order valence-corrected chi connectivity index (χ0v) is 11.7. The first kappa shape index (κ1) is 12.9. The van der Waals surface area contributed by atoms with Gasteiger partial charge in [0, 0.05) is 18.7 Å². The first-order valence-corrected chi connectivity index (χ1v) is 7.04. The van der Waals surface area contributed by atoms with Gasteiger partial charge < -0.3 is 5.32 Å². The van der Waals surface area contributed by atoms with E-state index in [0.29, 0.717) is 0 Å². The van der Waals surface area contributed by atoms with Gasteiger partial charge in [0.15, 0.2) is 0 Å². The molecule has 0 saturated carbocycles. The van der Waals surface area contributed by atoms with Crippen LogP contribution in [0.2, 0.25) is 0 Å². The monoisotopic (exact) mass is 241 g/mol. The maximum atomic E-state index is 3.51. The molecule has 0 amide bonds. The second-order valence-corrected chi connectivity index (χ2v) is 4.74. The van der Waals surface area contributed by atoms with Crippen LogP contribution < -0.4 is 5.32 Å². The quantitative estimate of drug-likeness (QED) is 0.726. The van der Waals surface area contributed by atoms with Crippen LogP contribution in [0.5, 0.6) is 0 Å². The molecule has 0 saturated heterocycles. The Morgan fingerprint density at radius 1 is 1.06 bits per heavy atom. The van der Waals surface area contributed by atoms with Crippen LogP contribution in [-0.4, -0.2) is 6.54 Å². The fraction of sp³-hybridized carbons (Fsp3) is 0.412. The predicted molar refractivity (Wildman–Crippen MR) is 78.7 cm³/mol. The normalized spacial score (nSPS) is 16.8. The lowest BCUT2D eigenvalue weighted by Gasteiger charge is -2.15. The van der Waals surface area contributed by atoms with E-state index in [0.717, 1.165) is 13.0 Å². The van der Waals surface area contributed by atoms with Crippen LogP contribution in [0.25, 0.3) is 0 Å². The first-order valence-electron chi connectivity index (χ1n) is 7.04. The molecule has 0 atom stereocenters. The summed E-state index contributed by atoms with van der Waals surface area (Å²) in [6.45, 7) is 7.16. The minimum Gasteiger partial charge on any atom is -0.384 e. The van der Waals surface area contributed by atoms with Crippen LogP contribution in [0.15, 0.2) is 41.6 Å². The van der Waals surface area contributed by atoms with Gasteiger partial charge in [-0.3, -0.25) is 0 Å². The Morgan fingerprint density at radius 3 is 2.72 bits per heavy atom. The van der Waals surface area contributed by atoms with Gasteiger partial charge in [0.25, 0.3) is 0 Å². The molecule has 3 rings (SSSR count). The second-order valence-electron chi connectivity index (χ2n) is 4.74. The Balaban J connectivity index is 0.000000574. The van der Waals surface area contributed by atoms with Gasteiger partial charge in [-0.15, -0.1) is 0 Å². The number of fused-ring (bicyclic) bond motifs is 1. The number of aryl methyl sites for hydroxylation is 2. The molecule has 1 aromatic rings. The summed E-state index contributed by atoms with van der Waals surface area (Å²) < 4.78 is 0. The Bertz CT molecular complexity index is 480. The summed E-state index contributed by atoms with van der Waals surface area (Å²) >= 11 is 0. The third-order valence-electron chi connectivity index (χ3n) is 3.53. The molecule has 0 radical (unpaired) electrons. The molecular weight excluding hydrogens is 218 g/mol. The predicted octanol–water partition coefficient (Wildman–Crippen LogP) is 3.92. The number of allylic oxidation sites excluding steroid dienone is 3. The summed E-state index contributed by atoms with van der Waals surface area (Å²) in [4.78, 5) is 0. The molecule has 0 bridgehead atoms. The van der Waals surface area contributed by atoms with Crippen LogP contribution >= 0.6 is 0 Å². The number of benzene rings is 1. The smallest absolute Gasteiger partial charge is 0.0331 e. The van der Waals surface area contributed by atoms with Crippen molar-refractivity contribution >= 4 is 0 Å². The van der Waals surface area contributed by atoms with Crippen molar-refractivity contribution in [2.24, 2.45) is 0 Å². The average molecular weight is 241 g/mol. The summed E-state index contributed by atoms with van der Waals surface area (Å²) in [7, 11) is 0. The zero-order chi connectivity index (χ0) is 13.0. The third-order valence-corrected chi connectivity index (χ3v) is 3.53. The molecule has 1 nitrogen and oxygen atoms in total. The van der Waals surface area contributed by atoms with Gasteiger partial charge in [-0.05, 0) is 36.5 Å². The first-order chi connectivity index (χ1) is 8.83. The highest BCUT2D eigenvalue weighted by molar-refractivity contribution is 5.41. The lowest BCUT2D eigenvalue weighted by molar-refractivity contribution is 0.819. The van der Waals surface area contributed by atoms with E-state index in [1.165, 1.54) is 40.8 Å². The van der Waals surface area contributed by atoms with E-state index < -0.39 is 0 Å². The Kier molecular flexibility index (Phi) is 4.24. The summed E-state index contributed by atoms with van der Waals surface area (Å²) in [5.41, 5.74) is 7.34. The average Bonchev–Trinajstić information content (AvgIpc) is 2.60. The lowest BCUT2D eigenvalue weighted by atomic mass is 10.00. The molecule has 1 N–H and O–H groups in total. The Labute approximate surface area is 111 Å². The van der Waals surface area contributed by atoms with Crippen molar-refractivity contribution in [2.45, 2.75) is 40.0 Å². The van der Waals surface area contributed by atoms with Crippen molar-refractivity contribution in [3.8, 4) is 0 Å². The summed E-state index contributed by atoms with van der Waals surface area (Å²) in [5.74, 6) is 0. The van der Waals surface area contributed by atoms with E-state index in [2.05, 4.69) is 42.6 Å². The van der Waals surface area contributed by atoms with Crippen LogP contribution in [0.3, 0.4) is 0 Å². The molecular formula is C17H23N. The van der Waals surface area contributed by atoms with Crippen LogP contribution in [0.4, 0.5) is 0 Å². The molecule has 0 fully saturated rings. The molecule has 1 heteroatoms. The van der Waals surface area contributed by atoms with Crippen LogP contribution in [0, 0.1) is 6.92 Å². The molecule has 1 aromatic carbocycles. The number of hydrogen-bond donors (Lipinski definition) is 1. The van der Waals surface area contributed by atoms with E-state index in [-0.39, 0.29) is 0 Å². The van der Waals surface area contributed by atoms with Crippen molar-refractivity contribution in [2.75, 3.05) is 6.54 Å². The highest BCUT2D eigenvalue weighted by Gasteiger charge is 2.15. The minimum atomic E-state index is 0.986. The van der Waals surface area contributed by atoms with E-state index in [1.54, 1.807) is 0 Å². The molecule has 1 aliphatic heterocycles. The number of rotatable bonds is 0. The molecule has 0 unspecified atom stereocenters. The van der Waals surface area contributed by atoms with Crippen molar-refractivity contribution in [1.29, 1.82) is 0 Å². The number of nitrogens with one attached hydrogen (secondary N) is 1. The van der Waals surface area contributed by atoms with Crippen molar-refractivity contribution in [3.05, 3.63) is 58.3 Å². The molecule has 18 heavy (non-hydrogen) atoms. The number of dihydropyridines is 1. The summed E-state index contributed by atoms with van der Waals surface area (Å²) in [5, 5.41) is 3.51. The number of hydrogen-bond acceptors (Lipinski definition) is 1. The molecule has 1 aliphatic carbocycles. The van der Waals surface area contributed by atoms with E-state index in [1.807, 2.05) is 13.8 Å². The van der Waals surface area contributed by atoms with E-state index in [4.69, 9.17) is 0 Å². The fourth-order valence-electron chi connectivity index (χ4n) is 2.63. The van der Waals surface area contributed by atoms with Gasteiger partial charge in [0.2, 0.25) is 0 Å². The Morgan fingerprint density at radius 2 is 1.89 bits per heavy atom. The van der Waals surface area contributed by atoms with Crippen molar-refractivity contribution in [1.82, 2.24) is 5.32 Å². The molecule has 2 aliphatic rings. The third kappa shape index (κ3) is 2.66. The topological polar surface area (TPSA) is 12.0 Å². The molecule has 96 valence electrons. The maximum absolute atomic E-state index is 3.51. The van der Waals surface area contributed by atoms with Crippen LogP contribution in [-0.2, 0) is 12.8 Å². The SMILES string of the molecule is CC.Cc1ccc2c(c1)CCC1=C(C2)NCC=C1. The second kappa shape index (κ2) is 5.90. The molecule has 0 spiro atoms. The van der Waals surface area contributed by atoms with Gasteiger partial charge in [-0.1, -0.05) is 49.8 Å². The van der Waals surface area contributed by atoms with E-state index >= 15 is 0 Å². The highest BCUT2D eigenvalue weighted by atomic mass is 14.9. The van der Waals surface area contributed by atoms with Gasteiger partial charge in [0.05, 0.1) is 0 Å². The van der Waals surface area contributed by atoms with Crippen molar-refractivity contribution in [3.63, 3.8) is 0 Å². The minimum absolute atomic E-state index is 0.986. The van der Waals surface area contributed by atoms with Gasteiger partial charge in [-0.2, -0.15) is 0 Å². The fourth-order valence-corrected chi connectivity index (χ4v) is 2.63. The standard InChI is InChI=1S/C15H17N.C2H6/c1-11-4-5-14-10-15-12(3-2-8-16-15)6-7-13(14)9-11;1-2/h2-5,9,16H,6-8,10H2,1H3;1-2H3. The van der Waals surface area contributed by atoms with Crippen molar-refractivity contribution < 1.29 is 0 Å². The lowest BCUT2D eigenvalue weighted by Crippen LogP contribution is -2.19.